The van der Waals surface area contributed by atoms with Crippen LogP contribution in [0.1, 0.15) is 82.5 Å². The number of hydrogen-bond acceptors (Lipinski definition) is 6. The number of hydrogen-bond donors (Lipinski definition) is 1. The molecule has 0 bridgehead atoms. The van der Waals surface area contributed by atoms with Crippen molar-refractivity contribution < 1.29 is 13.6 Å². The lowest BCUT2D eigenvalue weighted by Crippen LogP contribution is -2.66. The van der Waals surface area contributed by atoms with E-state index in [2.05, 4.69) is 40.3 Å². The molecular formula is C25H40F2N6OS. The lowest BCUT2D eigenvalue weighted by molar-refractivity contribution is -0.0973. The summed E-state index contributed by atoms with van der Waals surface area (Å²) in [5, 5.41) is 3.95. The summed E-state index contributed by atoms with van der Waals surface area (Å²) in [4.78, 5) is 24.3. The number of likely N-dealkylation sites (tertiary alicyclic amines) is 1. The van der Waals surface area contributed by atoms with E-state index in [0.29, 0.717) is 37.9 Å². The van der Waals surface area contributed by atoms with Crippen molar-refractivity contribution in [2.75, 3.05) is 39.3 Å². The van der Waals surface area contributed by atoms with Gasteiger partial charge in [-0.05, 0) is 63.9 Å². The highest BCUT2D eigenvalue weighted by Crippen LogP contribution is 2.43. The van der Waals surface area contributed by atoms with Crippen LogP contribution in [0.2, 0.25) is 0 Å². The second-order valence-corrected chi connectivity index (χ2v) is 12.4. The fourth-order valence-corrected chi connectivity index (χ4v) is 6.91. The average molecular weight is 511 g/mol. The molecule has 10 heteroatoms. The van der Waals surface area contributed by atoms with Crippen molar-refractivity contribution in [3.63, 3.8) is 0 Å². The molecule has 4 fully saturated rings. The Balaban J connectivity index is 1.20. The number of piperidine rings is 1. The van der Waals surface area contributed by atoms with Gasteiger partial charge in [-0.15, -0.1) is 0 Å². The van der Waals surface area contributed by atoms with Gasteiger partial charge in [-0.25, -0.2) is 18.6 Å². The van der Waals surface area contributed by atoms with Crippen molar-refractivity contribution in [3.05, 3.63) is 10.8 Å². The normalized spacial score (nSPS) is 29.9. The van der Waals surface area contributed by atoms with Crippen LogP contribution in [0.4, 0.5) is 13.6 Å². The quantitative estimate of drug-likeness (QED) is 0.647. The molecule has 35 heavy (non-hydrogen) atoms. The Hall–Kier alpha value is -1.39. The molecule has 2 amide bonds. The largest absolute Gasteiger partial charge is 0.328 e. The predicted molar refractivity (Wildman–Crippen MR) is 133 cm³/mol. The standard InChI is InChI=1S/C25H40F2N6OS/c1-17(2)31-13-15-32(16-14-31)19-5-4-8-25(26,27)20(19)28-23(34)33-11-9-24(3,10-12-33)22-29-21(35-30-22)18-6-7-18/h17-20H,4-16H2,1-3H3,(H,28,34). The van der Waals surface area contributed by atoms with Crippen molar-refractivity contribution in [3.8, 4) is 0 Å². The molecule has 2 atom stereocenters. The lowest BCUT2D eigenvalue weighted by atomic mass is 9.79. The summed E-state index contributed by atoms with van der Waals surface area (Å²) in [5.74, 6) is -1.40. The number of carbonyl (C=O) groups excluding carboxylic acids is 1. The minimum atomic E-state index is -2.89. The summed E-state index contributed by atoms with van der Waals surface area (Å²) in [7, 11) is 0. The summed E-state index contributed by atoms with van der Waals surface area (Å²) in [5.41, 5.74) is -0.159. The maximum Gasteiger partial charge on any atom is 0.317 e. The van der Waals surface area contributed by atoms with Gasteiger partial charge in [-0.3, -0.25) is 9.80 Å². The van der Waals surface area contributed by atoms with Gasteiger partial charge in [0.2, 0.25) is 0 Å². The van der Waals surface area contributed by atoms with E-state index >= 15 is 8.78 Å². The Morgan fingerprint density at radius 1 is 1.06 bits per heavy atom. The number of aromatic nitrogens is 2. The van der Waals surface area contributed by atoms with Gasteiger partial charge >= 0.3 is 6.03 Å². The summed E-state index contributed by atoms with van der Waals surface area (Å²) in [6.45, 7) is 10.9. The van der Waals surface area contributed by atoms with Crippen LogP contribution in [-0.2, 0) is 5.41 Å². The van der Waals surface area contributed by atoms with Gasteiger partial charge in [-0.2, -0.15) is 4.37 Å². The van der Waals surface area contributed by atoms with Crippen LogP contribution in [0, 0.1) is 0 Å². The van der Waals surface area contributed by atoms with E-state index in [1.165, 1.54) is 24.4 Å². The number of nitrogens with zero attached hydrogens (tertiary/aromatic N) is 5. The molecule has 196 valence electrons. The minimum Gasteiger partial charge on any atom is -0.328 e. The number of carbonyl (C=O) groups is 1. The number of amides is 2. The Morgan fingerprint density at radius 3 is 2.37 bits per heavy atom. The third kappa shape index (κ3) is 5.34. The van der Waals surface area contributed by atoms with Gasteiger partial charge < -0.3 is 10.2 Å². The predicted octanol–water partition coefficient (Wildman–Crippen LogP) is 4.06. The topological polar surface area (TPSA) is 64.6 Å². The van der Waals surface area contributed by atoms with Gasteiger partial charge in [0.1, 0.15) is 16.9 Å². The van der Waals surface area contributed by atoms with Gasteiger partial charge in [0.15, 0.2) is 0 Å². The third-order valence-electron chi connectivity index (χ3n) is 8.74. The van der Waals surface area contributed by atoms with Crippen LogP contribution in [0.15, 0.2) is 0 Å². The molecule has 7 nitrogen and oxygen atoms in total. The first kappa shape index (κ1) is 25.3. The number of nitrogens with one attached hydrogen (secondary N) is 1. The first-order chi connectivity index (χ1) is 16.7. The van der Waals surface area contributed by atoms with Crippen LogP contribution in [0.25, 0.3) is 0 Å². The molecule has 2 saturated carbocycles. The zero-order chi connectivity index (χ0) is 24.8. The van der Waals surface area contributed by atoms with Crippen molar-refractivity contribution >= 4 is 17.6 Å². The molecule has 2 aliphatic heterocycles. The maximum absolute atomic E-state index is 15.1. The van der Waals surface area contributed by atoms with Gasteiger partial charge in [-0.1, -0.05) is 6.92 Å². The molecule has 1 N–H and O–H groups in total. The zero-order valence-corrected chi connectivity index (χ0v) is 22.1. The van der Waals surface area contributed by atoms with Crippen molar-refractivity contribution in [2.24, 2.45) is 0 Å². The number of piperazine rings is 1. The third-order valence-corrected chi connectivity index (χ3v) is 9.62. The molecule has 0 spiro atoms. The Labute approximate surface area is 211 Å². The summed E-state index contributed by atoms with van der Waals surface area (Å²) >= 11 is 1.51. The van der Waals surface area contributed by atoms with E-state index in [9.17, 15) is 4.79 Å². The van der Waals surface area contributed by atoms with E-state index in [1.807, 2.05) is 0 Å². The fourth-order valence-electron chi connectivity index (χ4n) is 5.96. The van der Waals surface area contributed by atoms with Crippen LogP contribution in [0.3, 0.4) is 0 Å². The van der Waals surface area contributed by atoms with Crippen LogP contribution < -0.4 is 5.32 Å². The molecule has 5 rings (SSSR count). The molecule has 2 aliphatic carbocycles. The molecule has 1 aromatic rings. The van der Waals surface area contributed by atoms with E-state index in [-0.39, 0.29) is 23.9 Å². The molecule has 3 heterocycles. The molecular weight excluding hydrogens is 470 g/mol. The Bertz CT molecular complexity index is 890. The highest BCUT2D eigenvalue weighted by Gasteiger charge is 2.50. The summed E-state index contributed by atoms with van der Waals surface area (Å²) < 4.78 is 34.9. The Morgan fingerprint density at radius 2 is 1.74 bits per heavy atom. The van der Waals surface area contributed by atoms with E-state index in [1.54, 1.807) is 4.90 Å². The number of halogens is 2. The second-order valence-electron chi connectivity index (χ2n) is 11.6. The fraction of sp³-hybridized carbons (Fsp3) is 0.880. The summed E-state index contributed by atoms with van der Waals surface area (Å²) in [6, 6.07) is -1.34. The average Bonchev–Trinajstić information content (AvgIpc) is 3.56. The first-order valence-corrected chi connectivity index (χ1v) is 14.2. The molecule has 4 aliphatic rings. The molecule has 2 saturated heterocycles. The van der Waals surface area contributed by atoms with Gasteiger partial charge in [0.25, 0.3) is 5.92 Å². The van der Waals surface area contributed by atoms with Gasteiger partial charge in [0.05, 0.1) is 0 Å². The van der Waals surface area contributed by atoms with Crippen LogP contribution in [-0.4, -0.2) is 93.4 Å². The highest BCUT2D eigenvalue weighted by atomic mass is 32.1. The van der Waals surface area contributed by atoms with E-state index in [4.69, 9.17) is 4.98 Å². The molecule has 0 aromatic carbocycles. The first-order valence-electron chi connectivity index (χ1n) is 13.4. The minimum absolute atomic E-state index is 0.155. The monoisotopic (exact) mass is 510 g/mol. The maximum atomic E-state index is 15.1. The van der Waals surface area contributed by atoms with E-state index < -0.39 is 12.0 Å². The number of alkyl halides is 2. The van der Waals surface area contributed by atoms with Crippen molar-refractivity contribution in [1.29, 1.82) is 0 Å². The van der Waals surface area contributed by atoms with E-state index in [0.717, 1.165) is 49.9 Å². The van der Waals surface area contributed by atoms with Crippen molar-refractivity contribution in [1.82, 2.24) is 29.4 Å². The number of urea groups is 1. The second kappa shape index (κ2) is 9.82. The van der Waals surface area contributed by atoms with Gasteiger partial charge in [0, 0.05) is 69.1 Å². The SMILES string of the molecule is CC(C)N1CCN(C2CCCC(F)(F)C2NC(=O)N2CCC(C)(c3nsc(C4CC4)n3)CC2)CC1. The van der Waals surface area contributed by atoms with Crippen LogP contribution in [0.5, 0.6) is 0 Å². The summed E-state index contributed by atoms with van der Waals surface area (Å²) in [6.07, 6.45) is 4.97. The smallest absolute Gasteiger partial charge is 0.317 e. The molecule has 0 radical (unpaired) electrons. The lowest BCUT2D eigenvalue weighted by Gasteiger charge is -2.48. The molecule has 1 aromatic heterocycles. The Kier molecular flexibility index (Phi) is 7.09. The molecule has 2 unspecified atom stereocenters. The number of rotatable bonds is 5. The van der Waals surface area contributed by atoms with Crippen LogP contribution >= 0.6 is 11.5 Å². The van der Waals surface area contributed by atoms with Crippen molar-refractivity contribution in [2.45, 2.75) is 101 Å². The highest BCUT2D eigenvalue weighted by molar-refractivity contribution is 7.05. The zero-order valence-electron chi connectivity index (χ0n) is 21.3.